The molecule has 0 saturated heterocycles. The predicted molar refractivity (Wildman–Crippen MR) is 66.1 cm³/mol. The van der Waals surface area contributed by atoms with Gasteiger partial charge in [0.05, 0.1) is 5.92 Å². The summed E-state index contributed by atoms with van der Waals surface area (Å²) in [7, 11) is 0. The number of hydrogen-bond acceptors (Lipinski definition) is 2. The second-order valence-corrected chi connectivity index (χ2v) is 5.74. The van der Waals surface area contributed by atoms with Gasteiger partial charge in [0.15, 0.2) is 0 Å². The van der Waals surface area contributed by atoms with Gasteiger partial charge in [-0.25, -0.2) is 0 Å². The van der Waals surface area contributed by atoms with E-state index in [9.17, 15) is 4.79 Å². The van der Waals surface area contributed by atoms with Crippen molar-refractivity contribution >= 4 is 17.3 Å². The first kappa shape index (κ1) is 11.6. The molecule has 3 heteroatoms. The maximum absolute atomic E-state index is 11.0. The van der Waals surface area contributed by atoms with E-state index in [0.29, 0.717) is 6.42 Å². The van der Waals surface area contributed by atoms with Crippen molar-refractivity contribution in [3.8, 4) is 0 Å². The van der Waals surface area contributed by atoms with E-state index in [2.05, 4.69) is 6.07 Å². The Balaban J connectivity index is 2.09. The third-order valence-electron chi connectivity index (χ3n) is 3.34. The summed E-state index contributed by atoms with van der Waals surface area (Å²) < 4.78 is 0. The average Bonchev–Trinajstić information content (AvgIpc) is 2.67. The number of rotatable bonds is 4. The summed E-state index contributed by atoms with van der Waals surface area (Å²) in [6, 6.07) is 2.24. The summed E-state index contributed by atoms with van der Waals surface area (Å²) in [5.74, 6) is -0.867. The molecule has 1 unspecified atom stereocenters. The minimum absolute atomic E-state index is 0.208. The molecular formula is C13H18O2S. The van der Waals surface area contributed by atoms with Crippen LogP contribution < -0.4 is 0 Å². The second-order valence-electron chi connectivity index (χ2n) is 4.52. The zero-order valence-corrected chi connectivity index (χ0v) is 10.5. The Kier molecular flexibility index (Phi) is 3.64. The summed E-state index contributed by atoms with van der Waals surface area (Å²) in [6.45, 7) is 1.95. The molecule has 16 heavy (non-hydrogen) atoms. The van der Waals surface area contributed by atoms with Crippen LogP contribution in [0.15, 0.2) is 6.07 Å². The highest BCUT2D eigenvalue weighted by Crippen LogP contribution is 2.31. The molecular weight excluding hydrogens is 220 g/mol. The third kappa shape index (κ3) is 2.46. The summed E-state index contributed by atoms with van der Waals surface area (Å²) in [5.41, 5.74) is 1.48. The SMILES string of the molecule is CCC(Cc1cc2c(s1)CCCC2)C(=O)O. The van der Waals surface area contributed by atoms with Crippen LogP contribution in [-0.4, -0.2) is 11.1 Å². The molecule has 1 aromatic rings. The topological polar surface area (TPSA) is 37.3 Å². The quantitative estimate of drug-likeness (QED) is 0.874. The van der Waals surface area contributed by atoms with Crippen molar-refractivity contribution in [2.75, 3.05) is 0 Å². The van der Waals surface area contributed by atoms with Crippen LogP contribution in [0.4, 0.5) is 0 Å². The van der Waals surface area contributed by atoms with Crippen molar-refractivity contribution in [1.82, 2.24) is 0 Å². The molecule has 0 spiro atoms. The van der Waals surface area contributed by atoms with E-state index in [-0.39, 0.29) is 5.92 Å². The second kappa shape index (κ2) is 5.00. The summed E-state index contributed by atoms with van der Waals surface area (Å²) in [4.78, 5) is 13.7. The molecule has 0 amide bonds. The van der Waals surface area contributed by atoms with Gasteiger partial charge in [-0.15, -0.1) is 11.3 Å². The smallest absolute Gasteiger partial charge is 0.306 e. The summed E-state index contributed by atoms with van der Waals surface area (Å²) >= 11 is 1.83. The summed E-state index contributed by atoms with van der Waals surface area (Å²) in [6.07, 6.45) is 6.41. The zero-order valence-electron chi connectivity index (χ0n) is 9.66. The molecule has 1 heterocycles. The van der Waals surface area contributed by atoms with Gasteiger partial charge in [-0.1, -0.05) is 6.92 Å². The van der Waals surface area contributed by atoms with Crippen LogP contribution in [-0.2, 0) is 24.1 Å². The number of aryl methyl sites for hydroxylation is 2. The minimum Gasteiger partial charge on any atom is -0.481 e. The first-order valence-corrected chi connectivity index (χ1v) is 6.85. The first-order valence-electron chi connectivity index (χ1n) is 6.04. The third-order valence-corrected chi connectivity index (χ3v) is 4.60. The van der Waals surface area contributed by atoms with Crippen LogP contribution in [0.3, 0.4) is 0 Å². The largest absolute Gasteiger partial charge is 0.481 e. The fourth-order valence-corrected chi connectivity index (χ4v) is 3.64. The zero-order chi connectivity index (χ0) is 11.5. The lowest BCUT2D eigenvalue weighted by Crippen LogP contribution is -2.14. The molecule has 1 atom stereocenters. The Labute approximate surface area is 100 Å². The van der Waals surface area contributed by atoms with Crippen LogP contribution in [0.1, 0.15) is 41.5 Å². The molecule has 0 bridgehead atoms. The molecule has 88 valence electrons. The predicted octanol–water partition coefficient (Wildman–Crippen LogP) is 3.28. The molecule has 2 rings (SSSR count). The fraction of sp³-hybridized carbons (Fsp3) is 0.615. The van der Waals surface area contributed by atoms with Crippen molar-refractivity contribution in [3.05, 3.63) is 21.4 Å². The van der Waals surface area contributed by atoms with E-state index in [1.54, 1.807) is 0 Å². The average molecular weight is 238 g/mol. The lowest BCUT2D eigenvalue weighted by atomic mass is 9.97. The summed E-state index contributed by atoms with van der Waals surface area (Å²) in [5, 5.41) is 9.04. The van der Waals surface area contributed by atoms with Gasteiger partial charge in [0, 0.05) is 9.75 Å². The molecule has 0 fully saturated rings. The monoisotopic (exact) mass is 238 g/mol. The van der Waals surface area contributed by atoms with Crippen LogP contribution in [0.25, 0.3) is 0 Å². The van der Waals surface area contributed by atoms with Crippen LogP contribution >= 0.6 is 11.3 Å². The number of hydrogen-bond donors (Lipinski definition) is 1. The van der Waals surface area contributed by atoms with Crippen LogP contribution in [0.2, 0.25) is 0 Å². The van der Waals surface area contributed by atoms with Gasteiger partial charge in [0.25, 0.3) is 0 Å². The van der Waals surface area contributed by atoms with Gasteiger partial charge in [0.2, 0.25) is 0 Å². The van der Waals surface area contributed by atoms with E-state index in [1.807, 2.05) is 18.3 Å². The van der Waals surface area contributed by atoms with Crippen molar-refractivity contribution in [2.45, 2.75) is 45.4 Å². The number of carbonyl (C=O) groups is 1. The van der Waals surface area contributed by atoms with Gasteiger partial charge in [0.1, 0.15) is 0 Å². The molecule has 2 nitrogen and oxygen atoms in total. The number of aliphatic carboxylic acids is 1. The molecule has 1 N–H and O–H groups in total. The molecule has 0 saturated carbocycles. The molecule has 0 aliphatic heterocycles. The lowest BCUT2D eigenvalue weighted by Gasteiger charge is -2.08. The molecule has 1 aromatic heterocycles. The Morgan fingerprint density at radius 3 is 2.88 bits per heavy atom. The maximum atomic E-state index is 11.0. The first-order chi connectivity index (χ1) is 7.70. The van der Waals surface area contributed by atoms with Gasteiger partial charge >= 0.3 is 5.97 Å². The molecule has 0 aromatic carbocycles. The van der Waals surface area contributed by atoms with Crippen LogP contribution in [0, 0.1) is 5.92 Å². The standard InChI is InChI=1S/C13H18O2S/c1-2-9(13(14)15)7-11-8-10-5-3-4-6-12(10)16-11/h8-9H,2-7H2,1H3,(H,14,15). The maximum Gasteiger partial charge on any atom is 0.306 e. The highest BCUT2D eigenvalue weighted by Gasteiger charge is 2.19. The van der Waals surface area contributed by atoms with Crippen molar-refractivity contribution in [2.24, 2.45) is 5.92 Å². The van der Waals surface area contributed by atoms with Crippen molar-refractivity contribution < 1.29 is 9.90 Å². The van der Waals surface area contributed by atoms with Crippen molar-refractivity contribution in [1.29, 1.82) is 0 Å². The normalized spacial score (nSPS) is 16.8. The number of fused-ring (bicyclic) bond motifs is 1. The van der Waals surface area contributed by atoms with Gasteiger partial charge in [-0.3, -0.25) is 4.79 Å². The van der Waals surface area contributed by atoms with Gasteiger partial charge in [-0.2, -0.15) is 0 Å². The van der Waals surface area contributed by atoms with E-state index in [4.69, 9.17) is 5.11 Å². The Hall–Kier alpha value is -0.830. The van der Waals surface area contributed by atoms with Crippen molar-refractivity contribution in [3.63, 3.8) is 0 Å². The molecule has 1 aliphatic rings. The van der Waals surface area contributed by atoms with Crippen LogP contribution in [0.5, 0.6) is 0 Å². The Morgan fingerprint density at radius 1 is 1.50 bits per heavy atom. The fourth-order valence-electron chi connectivity index (χ4n) is 2.30. The Bertz CT molecular complexity index is 358. The van der Waals surface area contributed by atoms with E-state index >= 15 is 0 Å². The molecule has 0 radical (unpaired) electrons. The number of carboxylic acids is 1. The Morgan fingerprint density at radius 2 is 2.25 bits per heavy atom. The molecule has 1 aliphatic carbocycles. The van der Waals surface area contributed by atoms with E-state index in [1.165, 1.54) is 41.0 Å². The highest BCUT2D eigenvalue weighted by molar-refractivity contribution is 7.12. The van der Waals surface area contributed by atoms with Gasteiger partial charge < -0.3 is 5.11 Å². The highest BCUT2D eigenvalue weighted by atomic mass is 32.1. The van der Waals surface area contributed by atoms with E-state index < -0.39 is 5.97 Å². The number of carboxylic acid groups (broad SMARTS) is 1. The minimum atomic E-state index is -0.658. The lowest BCUT2D eigenvalue weighted by molar-refractivity contribution is -0.141. The van der Waals surface area contributed by atoms with Gasteiger partial charge in [-0.05, 0) is 50.2 Å². The van der Waals surface area contributed by atoms with E-state index in [0.717, 1.165) is 6.42 Å². The number of thiophene rings is 1.